The number of nitrogens with one attached hydrogen (secondary N) is 1. The highest BCUT2D eigenvalue weighted by Gasteiger charge is 2.28. The van der Waals surface area contributed by atoms with E-state index in [1.807, 2.05) is 60.7 Å². The molecule has 3 rings (SSSR count). The van der Waals surface area contributed by atoms with Gasteiger partial charge in [0.1, 0.15) is 11.8 Å². The minimum absolute atomic E-state index is 0.0983. The Labute approximate surface area is 180 Å². The number of amides is 1. The molecule has 30 heavy (non-hydrogen) atoms. The van der Waals surface area contributed by atoms with E-state index in [0.717, 1.165) is 11.1 Å². The van der Waals surface area contributed by atoms with Gasteiger partial charge in [0.25, 0.3) is 0 Å². The molecule has 1 amide bonds. The summed E-state index contributed by atoms with van der Waals surface area (Å²) in [5, 5.41) is 12.8. The molecule has 0 heterocycles. The number of carboxylic acid groups (broad SMARTS) is 1. The van der Waals surface area contributed by atoms with Crippen LogP contribution in [-0.2, 0) is 16.0 Å². The van der Waals surface area contributed by atoms with E-state index in [-0.39, 0.29) is 12.3 Å². The third kappa shape index (κ3) is 5.19. The second kappa shape index (κ2) is 9.94. The topological polar surface area (TPSA) is 75.6 Å². The Morgan fingerprint density at radius 3 is 2.00 bits per heavy atom. The summed E-state index contributed by atoms with van der Waals surface area (Å²) >= 11 is 6.15. The van der Waals surface area contributed by atoms with Crippen LogP contribution in [0.5, 0.6) is 5.75 Å². The van der Waals surface area contributed by atoms with Gasteiger partial charge in [0.15, 0.2) is 0 Å². The molecule has 0 fully saturated rings. The smallest absolute Gasteiger partial charge is 0.326 e. The van der Waals surface area contributed by atoms with Gasteiger partial charge in [-0.05, 0) is 28.8 Å². The number of carbonyl (C=O) groups is 2. The highest BCUT2D eigenvalue weighted by Crippen LogP contribution is 2.27. The number of carbonyl (C=O) groups excluding carboxylic acids is 1. The van der Waals surface area contributed by atoms with Crippen molar-refractivity contribution in [3.63, 3.8) is 0 Å². The SMILES string of the molecule is COc1ccc(C[C@@H](NC(=O)C(c2ccccc2)c2ccccc2)C(=O)O)cc1Cl. The zero-order chi connectivity index (χ0) is 21.5. The van der Waals surface area contributed by atoms with E-state index < -0.39 is 17.9 Å². The second-order valence-electron chi connectivity index (χ2n) is 6.83. The first-order valence-electron chi connectivity index (χ1n) is 9.45. The van der Waals surface area contributed by atoms with Crippen molar-refractivity contribution >= 4 is 23.5 Å². The molecular weight excluding hydrogens is 402 g/mol. The first-order valence-corrected chi connectivity index (χ1v) is 9.83. The predicted molar refractivity (Wildman–Crippen MR) is 116 cm³/mol. The monoisotopic (exact) mass is 423 g/mol. The number of rotatable bonds is 8. The van der Waals surface area contributed by atoms with E-state index in [2.05, 4.69) is 5.32 Å². The van der Waals surface area contributed by atoms with Crippen LogP contribution in [0.2, 0.25) is 5.02 Å². The predicted octanol–water partition coefficient (Wildman–Crippen LogP) is 4.29. The fourth-order valence-electron chi connectivity index (χ4n) is 3.31. The van der Waals surface area contributed by atoms with Gasteiger partial charge >= 0.3 is 5.97 Å². The molecule has 0 aliphatic heterocycles. The maximum atomic E-state index is 13.2. The summed E-state index contributed by atoms with van der Waals surface area (Å²) in [6.45, 7) is 0. The van der Waals surface area contributed by atoms with Crippen LogP contribution in [0.4, 0.5) is 0 Å². The van der Waals surface area contributed by atoms with Crippen LogP contribution in [-0.4, -0.2) is 30.1 Å². The fraction of sp³-hybridized carbons (Fsp3) is 0.167. The molecule has 0 aromatic heterocycles. The molecule has 0 bridgehead atoms. The number of methoxy groups -OCH3 is 1. The summed E-state index contributed by atoms with van der Waals surface area (Å²) in [6.07, 6.45) is 0.0983. The number of hydrogen-bond donors (Lipinski definition) is 2. The standard InChI is InChI=1S/C24H22ClNO4/c1-30-21-13-12-16(14-19(21)25)15-20(24(28)29)26-23(27)22(17-8-4-2-5-9-17)18-10-6-3-7-11-18/h2-14,20,22H,15H2,1H3,(H,26,27)(H,28,29)/t20-/m1/s1. The van der Waals surface area contributed by atoms with Gasteiger partial charge in [0.05, 0.1) is 18.1 Å². The summed E-state index contributed by atoms with van der Waals surface area (Å²) in [7, 11) is 1.51. The van der Waals surface area contributed by atoms with E-state index in [1.54, 1.807) is 18.2 Å². The van der Waals surface area contributed by atoms with E-state index in [9.17, 15) is 14.7 Å². The molecule has 5 nitrogen and oxygen atoms in total. The molecule has 0 aliphatic rings. The van der Waals surface area contributed by atoms with Gasteiger partial charge in [-0.1, -0.05) is 78.3 Å². The zero-order valence-electron chi connectivity index (χ0n) is 16.4. The fourth-order valence-corrected chi connectivity index (χ4v) is 3.59. The molecule has 3 aromatic carbocycles. The van der Waals surface area contributed by atoms with Crippen molar-refractivity contribution < 1.29 is 19.4 Å². The Balaban J connectivity index is 1.85. The van der Waals surface area contributed by atoms with E-state index >= 15 is 0 Å². The minimum atomic E-state index is -1.12. The van der Waals surface area contributed by atoms with Crippen LogP contribution in [0.1, 0.15) is 22.6 Å². The first-order chi connectivity index (χ1) is 14.5. The zero-order valence-corrected chi connectivity index (χ0v) is 17.2. The number of ether oxygens (including phenoxy) is 1. The molecule has 3 aromatic rings. The normalized spacial score (nSPS) is 11.7. The lowest BCUT2D eigenvalue weighted by atomic mass is 9.90. The Kier molecular flexibility index (Phi) is 7.09. The average molecular weight is 424 g/mol. The molecule has 1 atom stereocenters. The highest BCUT2D eigenvalue weighted by atomic mass is 35.5. The average Bonchev–Trinajstić information content (AvgIpc) is 2.75. The number of aliphatic carboxylic acids is 1. The molecule has 0 radical (unpaired) electrons. The lowest BCUT2D eigenvalue weighted by Crippen LogP contribution is -2.44. The Morgan fingerprint density at radius 2 is 1.53 bits per heavy atom. The molecule has 0 spiro atoms. The van der Waals surface area contributed by atoms with Gasteiger partial charge in [-0.15, -0.1) is 0 Å². The van der Waals surface area contributed by atoms with Crippen LogP contribution in [0, 0.1) is 0 Å². The van der Waals surface area contributed by atoms with E-state index in [4.69, 9.17) is 16.3 Å². The van der Waals surface area contributed by atoms with Gasteiger partial charge in [0.2, 0.25) is 5.91 Å². The summed E-state index contributed by atoms with van der Waals surface area (Å²) < 4.78 is 5.13. The summed E-state index contributed by atoms with van der Waals surface area (Å²) in [5.41, 5.74) is 2.26. The summed E-state index contributed by atoms with van der Waals surface area (Å²) in [5.74, 6) is -1.60. The Bertz CT molecular complexity index is 969. The van der Waals surface area contributed by atoms with Crippen LogP contribution in [0.15, 0.2) is 78.9 Å². The summed E-state index contributed by atoms with van der Waals surface area (Å²) in [6, 6.07) is 22.5. The van der Waals surface area contributed by atoms with Crippen LogP contribution in [0.25, 0.3) is 0 Å². The van der Waals surface area contributed by atoms with Crippen LogP contribution < -0.4 is 10.1 Å². The Morgan fingerprint density at radius 1 is 0.967 bits per heavy atom. The van der Waals surface area contributed by atoms with Crippen molar-refractivity contribution in [2.75, 3.05) is 7.11 Å². The summed E-state index contributed by atoms with van der Waals surface area (Å²) in [4.78, 5) is 25.1. The lowest BCUT2D eigenvalue weighted by Gasteiger charge is -2.21. The lowest BCUT2D eigenvalue weighted by molar-refractivity contribution is -0.141. The molecule has 0 unspecified atom stereocenters. The highest BCUT2D eigenvalue weighted by molar-refractivity contribution is 6.32. The quantitative estimate of drug-likeness (QED) is 0.566. The van der Waals surface area contributed by atoms with Crippen molar-refractivity contribution in [1.82, 2.24) is 5.32 Å². The van der Waals surface area contributed by atoms with Crippen molar-refractivity contribution in [3.05, 3.63) is 101 Å². The third-order valence-corrected chi connectivity index (χ3v) is 5.09. The first kappa shape index (κ1) is 21.4. The number of hydrogen-bond acceptors (Lipinski definition) is 3. The number of carboxylic acids is 1. The Hall–Kier alpha value is -3.31. The minimum Gasteiger partial charge on any atom is -0.495 e. The van der Waals surface area contributed by atoms with Gasteiger partial charge in [-0.25, -0.2) is 4.79 Å². The molecule has 2 N–H and O–H groups in total. The van der Waals surface area contributed by atoms with E-state index in [0.29, 0.717) is 16.3 Å². The third-order valence-electron chi connectivity index (χ3n) is 4.80. The molecule has 0 saturated heterocycles. The van der Waals surface area contributed by atoms with Crippen molar-refractivity contribution in [2.45, 2.75) is 18.4 Å². The molecule has 0 saturated carbocycles. The second-order valence-corrected chi connectivity index (χ2v) is 7.23. The molecular formula is C24H22ClNO4. The van der Waals surface area contributed by atoms with Crippen LogP contribution >= 0.6 is 11.6 Å². The van der Waals surface area contributed by atoms with Crippen molar-refractivity contribution in [1.29, 1.82) is 0 Å². The maximum absolute atomic E-state index is 13.2. The van der Waals surface area contributed by atoms with Gasteiger partial charge in [-0.2, -0.15) is 0 Å². The number of halogens is 1. The largest absolute Gasteiger partial charge is 0.495 e. The van der Waals surface area contributed by atoms with Crippen molar-refractivity contribution in [3.8, 4) is 5.75 Å². The maximum Gasteiger partial charge on any atom is 0.326 e. The van der Waals surface area contributed by atoms with Crippen LogP contribution in [0.3, 0.4) is 0 Å². The molecule has 6 heteroatoms. The van der Waals surface area contributed by atoms with Gasteiger partial charge in [0, 0.05) is 6.42 Å². The van der Waals surface area contributed by atoms with Gasteiger partial charge < -0.3 is 15.2 Å². The van der Waals surface area contributed by atoms with E-state index in [1.165, 1.54) is 7.11 Å². The van der Waals surface area contributed by atoms with Crippen molar-refractivity contribution in [2.24, 2.45) is 0 Å². The molecule has 0 aliphatic carbocycles. The van der Waals surface area contributed by atoms with Gasteiger partial charge in [-0.3, -0.25) is 4.79 Å². The number of benzene rings is 3. The molecule has 154 valence electrons.